The van der Waals surface area contributed by atoms with E-state index in [1.165, 1.54) is 7.05 Å². The minimum Gasteiger partial charge on any atom is -0.483 e. The molecule has 0 spiro atoms. The van der Waals surface area contributed by atoms with Crippen molar-refractivity contribution in [3.8, 4) is 11.5 Å². The van der Waals surface area contributed by atoms with Crippen LogP contribution in [0.4, 0.5) is 4.79 Å². The van der Waals surface area contributed by atoms with E-state index in [2.05, 4.69) is 5.32 Å². The first kappa shape index (κ1) is 12.0. The predicted molar refractivity (Wildman–Crippen MR) is 64.9 cm³/mol. The maximum atomic E-state index is 11.2. The Labute approximate surface area is 105 Å². The lowest BCUT2D eigenvalue weighted by molar-refractivity contribution is 0.133. The standard InChI is InChI=1S/C12H14ClNO3/c1-12(2)6-7-8(13)4-5-9(10(7)17-12)16-11(15)14-3/h4-5H,6H2,1-3H3,(H,14,15). The van der Waals surface area contributed by atoms with Crippen LogP contribution in [-0.2, 0) is 6.42 Å². The van der Waals surface area contributed by atoms with E-state index in [4.69, 9.17) is 21.1 Å². The molecule has 92 valence electrons. The van der Waals surface area contributed by atoms with Crippen LogP contribution >= 0.6 is 11.6 Å². The van der Waals surface area contributed by atoms with Crippen LogP contribution in [0.1, 0.15) is 19.4 Å². The number of halogens is 1. The van der Waals surface area contributed by atoms with Gasteiger partial charge in [-0.05, 0) is 26.0 Å². The SMILES string of the molecule is CNC(=O)Oc1ccc(Cl)c2c1OC(C)(C)C2. The number of hydrogen-bond acceptors (Lipinski definition) is 3. The molecule has 0 aromatic heterocycles. The van der Waals surface area contributed by atoms with E-state index < -0.39 is 6.09 Å². The zero-order chi connectivity index (χ0) is 12.6. The predicted octanol–water partition coefficient (Wildman–Crippen LogP) is 2.77. The lowest BCUT2D eigenvalue weighted by Gasteiger charge is -2.17. The molecular formula is C12H14ClNO3. The molecule has 1 aliphatic rings. The molecule has 2 rings (SSSR count). The molecule has 4 nitrogen and oxygen atoms in total. The molecule has 0 fully saturated rings. The number of carbonyl (C=O) groups excluding carboxylic acids is 1. The second kappa shape index (κ2) is 4.11. The summed E-state index contributed by atoms with van der Waals surface area (Å²) in [6.45, 7) is 3.93. The Bertz CT molecular complexity index is 471. The Morgan fingerprint density at radius 3 is 2.88 bits per heavy atom. The van der Waals surface area contributed by atoms with Crippen LogP contribution in [0.3, 0.4) is 0 Å². The van der Waals surface area contributed by atoms with E-state index in [0.717, 1.165) is 5.56 Å². The third kappa shape index (κ3) is 2.31. The summed E-state index contributed by atoms with van der Waals surface area (Å²) in [4.78, 5) is 11.2. The molecular weight excluding hydrogens is 242 g/mol. The van der Waals surface area contributed by atoms with Crippen molar-refractivity contribution in [2.75, 3.05) is 7.05 Å². The summed E-state index contributed by atoms with van der Waals surface area (Å²) in [6.07, 6.45) is 0.175. The number of ether oxygens (including phenoxy) is 2. The highest BCUT2D eigenvalue weighted by molar-refractivity contribution is 6.31. The molecule has 1 aromatic rings. The molecule has 1 aliphatic heterocycles. The molecule has 1 amide bonds. The van der Waals surface area contributed by atoms with Crippen LogP contribution in [0.2, 0.25) is 5.02 Å². The van der Waals surface area contributed by atoms with E-state index in [-0.39, 0.29) is 5.60 Å². The second-order valence-electron chi connectivity index (χ2n) is 4.53. The minimum absolute atomic E-state index is 0.325. The van der Waals surface area contributed by atoms with E-state index in [0.29, 0.717) is 22.9 Å². The molecule has 1 N–H and O–H groups in total. The van der Waals surface area contributed by atoms with Crippen LogP contribution in [0, 0.1) is 0 Å². The first-order chi connectivity index (χ1) is 7.93. The average molecular weight is 256 g/mol. The number of nitrogens with one attached hydrogen (secondary N) is 1. The highest BCUT2D eigenvalue weighted by atomic mass is 35.5. The van der Waals surface area contributed by atoms with E-state index >= 15 is 0 Å². The molecule has 0 unspecified atom stereocenters. The number of hydrogen-bond donors (Lipinski definition) is 1. The second-order valence-corrected chi connectivity index (χ2v) is 4.94. The van der Waals surface area contributed by atoms with Crippen molar-refractivity contribution in [2.45, 2.75) is 25.9 Å². The normalized spacial score (nSPS) is 16.0. The topological polar surface area (TPSA) is 47.6 Å². The first-order valence-electron chi connectivity index (χ1n) is 5.33. The molecule has 1 aromatic carbocycles. The number of benzene rings is 1. The Morgan fingerprint density at radius 1 is 1.53 bits per heavy atom. The van der Waals surface area contributed by atoms with Crippen LogP contribution in [0.15, 0.2) is 12.1 Å². The quantitative estimate of drug-likeness (QED) is 0.839. The fourth-order valence-corrected chi connectivity index (χ4v) is 2.04. The van der Waals surface area contributed by atoms with Gasteiger partial charge in [-0.1, -0.05) is 11.6 Å². The van der Waals surface area contributed by atoms with Gasteiger partial charge in [0.2, 0.25) is 0 Å². The summed E-state index contributed by atoms with van der Waals surface area (Å²) in [7, 11) is 1.50. The number of rotatable bonds is 1. The van der Waals surface area contributed by atoms with Gasteiger partial charge >= 0.3 is 6.09 Å². The van der Waals surface area contributed by atoms with Gasteiger partial charge in [0.15, 0.2) is 11.5 Å². The van der Waals surface area contributed by atoms with Gasteiger partial charge < -0.3 is 14.8 Å². The largest absolute Gasteiger partial charge is 0.483 e. The van der Waals surface area contributed by atoms with Crippen LogP contribution in [0.25, 0.3) is 0 Å². The number of carbonyl (C=O) groups is 1. The maximum absolute atomic E-state index is 11.2. The molecule has 17 heavy (non-hydrogen) atoms. The van der Waals surface area contributed by atoms with Gasteiger partial charge in [-0.2, -0.15) is 0 Å². The third-order valence-electron chi connectivity index (χ3n) is 2.55. The van der Waals surface area contributed by atoms with Gasteiger partial charge in [0.25, 0.3) is 0 Å². The van der Waals surface area contributed by atoms with Gasteiger partial charge in [0, 0.05) is 24.1 Å². The summed E-state index contributed by atoms with van der Waals surface area (Å²) < 4.78 is 10.9. The Balaban J connectivity index is 2.38. The fraction of sp³-hybridized carbons (Fsp3) is 0.417. The monoisotopic (exact) mass is 255 g/mol. The number of amides is 1. The summed E-state index contributed by atoms with van der Waals surface area (Å²) in [5.74, 6) is 0.959. The van der Waals surface area contributed by atoms with Crippen LogP contribution in [0.5, 0.6) is 11.5 Å². The van der Waals surface area contributed by atoms with Crippen molar-refractivity contribution >= 4 is 17.7 Å². The molecule has 5 heteroatoms. The van der Waals surface area contributed by atoms with Crippen molar-refractivity contribution in [1.82, 2.24) is 5.32 Å². The Kier molecular flexibility index (Phi) is 2.91. The average Bonchev–Trinajstić information content (AvgIpc) is 2.59. The summed E-state index contributed by atoms with van der Waals surface area (Å²) in [5.41, 5.74) is 0.562. The smallest absolute Gasteiger partial charge is 0.412 e. The minimum atomic E-state index is -0.525. The van der Waals surface area contributed by atoms with Crippen molar-refractivity contribution in [1.29, 1.82) is 0 Å². The maximum Gasteiger partial charge on any atom is 0.412 e. The summed E-state index contributed by atoms with van der Waals surface area (Å²) in [6, 6.07) is 3.35. The first-order valence-corrected chi connectivity index (χ1v) is 5.71. The van der Waals surface area contributed by atoms with E-state index in [1.807, 2.05) is 13.8 Å². The van der Waals surface area contributed by atoms with Gasteiger partial charge in [0.05, 0.1) is 0 Å². The lowest BCUT2D eigenvalue weighted by Crippen LogP contribution is -2.25. The van der Waals surface area contributed by atoms with Crippen LogP contribution in [-0.4, -0.2) is 18.7 Å². The zero-order valence-electron chi connectivity index (χ0n) is 9.96. The van der Waals surface area contributed by atoms with Gasteiger partial charge in [-0.3, -0.25) is 0 Å². The highest BCUT2D eigenvalue weighted by Gasteiger charge is 2.34. The molecule has 0 saturated heterocycles. The fourth-order valence-electron chi connectivity index (χ4n) is 1.83. The van der Waals surface area contributed by atoms with Gasteiger partial charge in [-0.15, -0.1) is 0 Å². The molecule has 0 bridgehead atoms. The summed E-state index contributed by atoms with van der Waals surface area (Å²) >= 11 is 6.10. The van der Waals surface area contributed by atoms with E-state index in [1.54, 1.807) is 12.1 Å². The van der Waals surface area contributed by atoms with Crippen molar-refractivity contribution < 1.29 is 14.3 Å². The zero-order valence-corrected chi connectivity index (χ0v) is 10.7. The molecule has 0 saturated carbocycles. The highest BCUT2D eigenvalue weighted by Crippen LogP contribution is 2.45. The van der Waals surface area contributed by atoms with Gasteiger partial charge in [0.1, 0.15) is 5.60 Å². The van der Waals surface area contributed by atoms with E-state index in [9.17, 15) is 4.79 Å². The van der Waals surface area contributed by atoms with Crippen molar-refractivity contribution in [3.05, 3.63) is 22.7 Å². The molecule has 0 aliphatic carbocycles. The lowest BCUT2D eigenvalue weighted by atomic mass is 10.0. The Hall–Kier alpha value is -1.42. The molecule has 0 atom stereocenters. The number of fused-ring (bicyclic) bond motifs is 1. The summed E-state index contributed by atoms with van der Waals surface area (Å²) in [5, 5.41) is 3.02. The third-order valence-corrected chi connectivity index (χ3v) is 2.91. The van der Waals surface area contributed by atoms with Gasteiger partial charge in [-0.25, -0.2) is 4.79 Å². The Morgan fingerprint density at radius 2 is 2.24 bits per heavy atom. The van der Waals surface area contributed by atoms with Crippen molar-refractivity contribution in [2.24, 2.45) is 0 Å². The van der Waals surface area contributed by atoms with Crippen LogP contribution < -0.4 is 14.8 Å². The molecule has 1 heterocycles. The van der Waals surface area contributed by atoms with Crippen molar-refractivity contribution in [3.63, 3.8) is 0 Å². The molecule has 0 radical (unpaired) electrons.